The second-order valence-electron chi connectivity index (χ2n) is 6.70. The van der Waals surface area contributed by atoms with Crippen LogP contribution in [-0.2, 0) is 61.9 Å². The van der Waals surface area contributed by atoms with E-state index in [0.717, 1.165) is 41.9 Å². The summed E-state index contributed by atoms with van der Waals surface area (Å²) >= 11 is 0. The lowest BCUT2D eigenvalue weighted by Crippen LogP contribution is -2.63. The van der Waals surface area contributed by atoms with Gasteiger partial charge in [0.05, 0.1) is 20.1 Å². The van der Waals surface area contributed by atoms with E-state index in [-0.39, 0.29) is 0 Å². The second-order valence-corrected chi connectivity index (χ2v) is 6.70. The Hall–Kier alpha value is -3.22. The molecule has 0 unspecified atom stereocenters. The molecule has 0 N–H and O–H groups in total. The van der Waals surface area contributed by atoms with Crippen LogP contribution >= 0.6 is 0 Å². The van der Waals surface area contributed by atoms with E-state index in [9.17, 15) is 28.8 Å². The van der Waals surface area contributed by atoms with E-state index in [2.05, 4.69) is 9.47 Å². The van der Waals surface area contributed by atoms with Crippen LogP contribution in [0, 0.1) is 11.8 Å². The van der Waals surface area contributed by atoms with E-state index in [1.165, 1.54) is 0 Å². The van der Waals surface area contributed by atoms with Crippen LogP contribution in [0.1, 0.15) is 27.7 Å². The average Bonchev–Trinajstić information content (AvgIpc) is 2.68. The number of carbonyl (C=O) groups excluding carboxylic acids is 6. The summed E-state index contributed by atoms with van der Waals surface area (Å²) in [6.45, 7) is 3.75. The summed E-state index contributed by atoms with van der Waals surface area (Å²) < 4.78 is 35.5. The largest absolute Gasteiger partial charge is 0.468 e. The minimum absolute atomic E-state index is 0.489. The van der Waals surface area contributed by atoms with Gasteiger partial charge in [0.15, 0.2) is 18.1 Å². The molecule has 32 heavy (non-hydrogen) atoms. The van der Waals surface area contributed by atoms with Crippen molar-refractivity contribution < 1.29 is 61.9 Å². The maximum absolute atomic E-state index is 12.5. The first-order valence-corrected chi connectivity index (χ1v) is 9.39. The molecule has 1 fully saturated rings. The van der Waals surface area contributed by atoms with Crippen molar-refractivity contribution in [1.29, 1.82) is 0 Å². The Kier molecular flexibility index (Phi) is 10.0. The summed E-state index contributed by atoms with van der Waals surface area (Å²) in [5, 5.41) is 0. The third kappa shape index (κ3) is 7.18. The molecular formula is C19H26O13. The number of hydrogen-bond donors (Lipinski definition) is 0. The topological polar surface area (TPSA) is 167 Å². The summed E-state index contributed by atoms with van der Waals surface area (Å²) in [5.74, 6) is -8.84. The predicted octanol–water partition coefficient (Wildman–Crippen LogP) is -0.721. The van der Waals surface area contributed by atoms with Crippen LogP contribution in [0.3, 0.4) is 0 Å². The molecule has 1 aliphatic heterocycles. The molecule has 0 amide bonds. The van der Waals surface area contributed by atoms with Crippen LogP contribution < -0.4 is 0 Å². The molecule has 0 radical (unpaired) electrons. The fraction of sp³-hybridized carbons (Fsp3) is 0.684. The van der Waals surface area contributed by atoms with Gasteiger partial charge in [0.25, 0.3) is 0 Å². The van der Waals surface area contributed by atoms with E-state index in [0.29, 0.717) is 0 Å². The van der Waals surface area contributed by atoms with Crippen LogP contribution in [-0.4, -0.2) is 81.2 Å². The molecule has 13 nitrogen and oxygen atoms in total. The minimum atomic E-state index is -1.80. The molecule has 0 spiro atoms. The zero-order valence-corrected chi connectivity index (χ0v) is 18.5. The standard InChI is InChI=1S/C19H26O13/c1-8(20)28-7-12-15(29-9(2)21)16(30-10(3)22)13(19(32-12)31-11(4)23)14(17(24)26-5)18(25)27-6/h12-16,19H,7H2,1-6H3/t12-,13+,15-,16-,19-/m1/s1. The highest BCUT2D eigenvalue weighted by Crippen LogP contribution is 2.37. The molecular weight excluding hydrogens is 436 g/mol. The summed E-state index contributed by atoms with van der Waals surface area (Å²) in [4.78, 5) is 71.5. The minimum Gasteiger partial charge on any atom is -0.468 e. The molecule has 1 aliphatic rings. The van der Waals surface area contributed by atoms with Crippen LogP contribution in [0.4, 0.5) is 0 Å². The molecule has 0 aliphatic carbocycles. The maximum atomic E-state index is 12.5. The molecule has 0 aromatic heterocycles. The van der Waals surface area contributed by atoms with Crippen LogP contribution in [0.15, 0.2) is 0 Å². The third-order valence-electron chi connectivity index (χ3n) is 4.32. The Morgan fingerprint density at radius 1 is 0.719 bits per heavy atom. The fourth-order valence-corrected chi connectivity index (χ4v) is 3.21. The summed E-state index contributed by atoms with van der Waals surface area (Å²) in [5.41, 5.74) is 0. The van der Waals surface area contributed by atoms with Crippen molar-refractivity contribution in [3.8, 4) is 0 Å². The van der Waals surface area contributed by atoms with Crippen molar-refractivity contribution in [3.63, 3.8) is 0 Å². The lowest BCUT2D eigenvalue weighted by atomic mass is 9.80. The molecule has 5 atom stereocenters. The van der Waals surface area contributed by atoms with Gasteiger partial charge < -0.3 is 33.2 Å². The molecule has 0 bridgehead atoms. The van der Waals surface area contributed by atoms with Crippen molar-refractivity contribution in [2.45, 2.75) is 52.3 Å². The Morgan fingerprint density at radius 2 is 1.19 bits per heavy atom. The highest BCUT2D eigenvalue weighted by atomic mass is 16.7. The Bertz CT molecular complexity index is 730. The molecule has 180 valence electrons. The number of esters is 6. The Labute approximate surface area is 183 Å². The van der Waals surface area contributed by atoms with Gasteiger partial charge in [-0.3, -0.25) is 28.8 Å². The first kappa shape index (κ1) is 26.8. The van der Waals surface area contributed by atoms with Gasteiger partial charge in [-0.2, -0.15) is 0 Å². The lowest BCUT2D eigenvalue weighted by molar-refractivity contribution is -0.291. The normalized spacial score (nSPS) is 24.7. The van der Waals surface area contributed by atoms with Crippen molar-refractivity contribution >= 4 is 35.8 Å². The number of rotatable bonds is 8. The summed E-state index contributed by atoms with van der Waals surface area (Å²) in [7, 11) is 1.99. The van der Waals surface area contributed by atoms with E-state index in [4.69, 9.17) is 23.7 Å². The predicted molar refractivity (Wildman–Crippen MR) is 99.2 cm³/mol. The number of hydrogen-bond acceptors (Lipinski definition) is 13. The smallest absolute Gasteiger partial charge is 0.320 e. The second kappa shape index (κ2) is 12.0. The Balaban J connectivity index is 3.64. The summed E-state index contributed by atoms with van der Waals surface area (Å²) in [6.07, 6.45) is -5.97. The number of carbonyl (C=O) groups is 6. The van der Waals surface area contributed by atoms with Crippen LogP contribution in [0.5, 0.6) is 0 Å². The van der Waals surface area contributed by atoms with Crippen molar-refractivity contribution in [1.82, 2.24) is 0 Å². The highest BCUT2D eigenvalue weighted by Gasteiger charge is 2.58. The van der Waals surface area contributed by atoms with Crippen LogP contribution in [0.2, 0.25) is 0 Å². The van der Waals surface area contributed by atoms with Gasteiger partial charge >= 0.3 is 35.8 Å². The first-order valence-electron chi connectivity index (χ1n) is 9.39. The summed E-state index contributed by atoms with van der Waals surface area (Å²) in [6, 6.07) is 0. The van der Waals surface area contributed by atoms with Crippen molar-refractivity contribution in [2.75, 3.05) is 20.8 Å². The molecule has 1 saturated heterocycles. The zero-order valence-electron chi connectivity index (χ0n) is 18.5. The number of ether oxygens (including phenoxy) is 7. The first-order chi connectivity index (χ1) is 14.9. The third-order valence-corrected chi connectivity index (χ3v) is 4.32. The highest BCUT2D eigenvalue weighted by molar-refractivity contribution is 5.95. The van der Waals surface area contributed by atoms with Crippen LogP contribution in [0.25, 0.3) is 0 Å². The van der Waals surface area contributed by atoms with Gasteiger partial charge in [-0.05, 0) is 0 Å². The lowest BCUT2D eigenvalue weighted by Gasteiger charge is -2.45. The van der Waals surface area contributed by atoms with E-state index >= 15 is 0 Å². The van der Waals surface area contributed by atoms with Gasteiger partial charge in [-0.15, -0.1) is 0 Å². The quantitative estimate of drug-likeness (QED) is 0.252. The SMILES string of the molecule is COC(=O)C(C(=O)OC)[C@@H]1[C@H](OC(C)=O)O[C@H](COC(C)=O)[C@@H](OC(C)=O)[C@@H]1OC(C)=O. The van der Waals surface area contributed by atoms with Gasteiger partial charge in [0.1, 0.15) is 12.7 Å². The van der Waals surface area contributed by atoms with Crippen molar-refractivity contribution in [3.05, 3.63) is 0 Å². The van der Waals surface area contributed by atoms with Gasteiger partial charge in [-0.25, -0.2) is 0 Å². The fourth-order valence-electron chi connectivity index (χ4n) is 3.21. The van der Waals surface area contributed by atoms with Gasteiger partial charge in [-0.1, -0.05) is 0 Å². The van der Waals surface area contributed by atoms with E-state index < -0.39 is 78.9 Å². The maximum Gasteiger partial charge on any atom is 0.320 e. The monoisotopic (exact) mass is 462 g/mol. The molecule has 13 heteroatoms. The van der Waals surface area contributed by atoms with E-state index in [1.807, 2.05) is 0 Å². The molecule has 1 heterocycles. The molecule has 0 aromatic rings. The van der Waals surface area contributed by atoms with Crippen molar-refractivity contribution in [2.24, 2.45) is 11.8 Å². The van der Waals surface area contributed by atoms with Gasteiger partial charge in [0, 0.05) is 27.7 Å². The average molecular weight is 462 g/mol. The van der Waals surface area contributed by atoms with E-state index in [1.54, 1.807) is 0 Å². The number of methoxy groups -OCH3 is 2. The molecule has 1 rings (SSSR count). The molecule has 0 aromatic carbocycles. The molecule has 0 saturated carbocycles. The Morgan fingerprint density at radius 3 is 1.59 bits per heavy atom. The zero-order chi connectivity index (χ0) is 24.6. The van der Waals surface area contributed by atoms with Gasteiger partial charge in [0.2, 0.25) is 6.29 Å².